The molecule has 4 atom stereocenters. The van der Waals surface area contributed by atoms with Crippen molar-refractivity contribution in [2.45, 2.75) is 57.7 Å². The maximum Gasteiger partial charge on any atom is 0.340 e. The van der Waals surface area contributed by atoms with Crippen LogP contribution in [-0.2, 0) is 20.8 Å². The summed E-state index contributed by atoms with van der Waals surface area (Å²) in [4.78, 5) is 16.2. The second kappa shape index (κ2) is 13.1. The van der Waals surface area contributed by atoms with Crippen molar-refractivity contribution in [3.63, 3.8) is 0 Å². The molecule has 30 heavy (non-hydrogen) atoms. The summed E-state index contributed by atoms with van der Waals surface area (Å²) in [6, 6.07) is 13.0. The molecule has 7 nitrogen and oxygen atoms in total. The quantitative estimate of drug-likeness (QED) is 0.484. The largest absolute Gasteiger partial charge is 0.456 e. The molecule has 0 saturated heterocycles. The number of benzene rings is 1. The Hall–Kier alpha value is -2.32. The topological polar surface area (TPSA) is 98.1 Å². The molecule has 0 radical (unpaired) electrons. The van der Waals surface area contributed by atoms with Crippen LogP contribution in [-0.4, -0.2) is 58.8 Å². The molecular weight excluding hydrogens is 386 g/mol. The maximum absolute atomic E-state index is 12.3. The molecule has 7 heteroatoms. The smallest absolute Gasteiger partial charge is 0.340 e. The summed E-state index contributed by atoms with van der Waals surface area (Å²) in [5, 5.41) is 19.9. The van der Waals surface area contributed by atoms with Crippen LogP contribution in [0, 0.1) is 0 Å². The molecule has 2 N–H and O–H groups in total. The van der Waals surface area contributed by atoms with Crippen LogP contribution in [0.5, 0.6) is 0 Å². The van der Waals surface area contributed by atoms with Gasteiger partial charge in [0.25, 0.3) is 0 Å². The van der Waals surface area contributed by atoms with Crippen molar-refractivity contribution in [3.8, 4) is 0 Å². The number of aliphatic hydroxyl groups is 2. The molecule has 0 bridgehead atoms. The Morgan fingerprint density at radius 2 is 1.93 bits per heavy atom. The van der Waals surface area contributed by atoms with Crippen LogP contribution in [0.2, 0.25) is 0 Å². The molecule has 2 aromatic rings. The lowest BCUT2D eigenvalue weighted by molar-refractivity contribution is -0.127. The van der Waals surface area contributed by atoms with Crippen molar-refractivity contribution in [2.24, 2.45) is 0 Å². The third-order valence-corrected chi connectivity index (χ3v) is 4.68. The van der Waals surface area contributed by atoms with Gasteiger partial charge in [-0.15, -0.1) is 0 Å². The van der Waals surface area contributed by atoms with E-state index in [9.17, 15) is 15.0 Å². The summed E-state index contributed by atoms with van der Waals surface area (Å²) >= 11 is 0. The number of ether oxygens (including phenoxy) is 3. The van der Waals surface area contributed by atoms with E-state index in [1.54, 1.807) is 25.3 Å². The van der Waals surface area contributed by atoms with E-state index in [1.807, 2.05) is 37.3 Å². The Morgan fingerprint density at radius 3 is 2.57 bits per heavy atom. The molecule has 1 aromatic heterocycles. The minimum atomic E-state index is -0.750. The fourth-order valence-electron chi connectivity index (χ4n) is 2.86. The first-order valence-electron chi connectivity index (χ1n) is 10.2. The fourth-order valence-corrected chi connectivity index (χ4v) is 2.86. The van der Waals surface area contributed by atoms with Crippen LogP contribution in [0.15, 0.2) is 54.9 Å². The minimum absolute atomic E-state index is 0.242. The van der Waals surface area contributed by atoms with Gasteiger partial charge in [-0.1, -0.05) is 37.3 Å². The van der Waals surface area contributed by atoms with E-state index < -0.39 is 30.4 Å². The molecule has 0 fully saturated rings. The third kappa shape index (κ3) is 8.20. The zero-order valence-corrected chi connectivity index (χ0v) is 17.5. The van der Waals surface area contributed by atoms with E-state index in [0.29, 0.717) is 25.0 Å². The summed E-state index contributed by atoms with van der Waals surface area (Å²) in [5.74, 6) is -0.539. The van der Waals surface area contributed by atoms with E-state index in [-0.39, 0.29) is 13.2 Å². The van der Waals surface area contributed by atoms with E-state index >= 15 is 0 Å². The SMILES string of the molecule is CCC(O)CC(COCc1ccccc1)OC(CO)C(C)OC(=O)c1cccnc1. The highest BCUT2D eigenvalue weighted by Gasteiger charge is 2.26. The summed E-state index contributed by atoms with van der Waals surface area (Å²) in [6.07, 6.45) is 1.46. The lowest BCUT2D eigenvalue weighted by Gasteiger charge is -2.28. The number of aromatic nitrogens is 1. The van der Waals surface area contributed by atoms with Gasteiger partial charge in [0.2, 0.25) is 0 Å². The minimum Gasteiger partial charge on any atom is -0.456 e. The van der Waals surface area contributed by atoms with Crippen LogP contribution < -0.4 is 0 Å². The van der Waals surface area contributed by atoms with Gasteiger partial charge in [0, 0.05) is 18.8 Å². The van der Waals surface area contributed by atoms with Crippen molar-refractivity contribution in [2.75, 3.05) is 13.2 Å². The second-order valence-corrected chi connectivity index (χ2v) is 7.13. The first-order chi connectivity index (χ1) is 14.5. The van der Waals surface area contributed by atoms with Crippen molar-refractivity contribution in [1.82, 2.24) is 4.98 Å². The molecule has 0 amide bonds. The fraction of sp³-hybridized carbons (Fsp3) is 0.478. The lowest BCUT2D eigenvalue weighted by atomic mass is 10.1. The molecule has 1 aromatic carbocycles. The molecule has 4 unspecified atom stereocenters. The van der Waals surface area contributed by atoms with Gasteiger partial charge in [-0.2, -0.15) is 0 Å². The predicted octanol–water partition coefficient (Wildman–Crippen LogP) is 2.75. The second-order valence-electron chi connectivity index (χ2n) is 7.13. The standard InChI is InChI=1S/C23H31NO6/c1-3-20(26)12-21(16-28-15-18-8-5-4-6-9-18)30-22(14-25)17(2)29-23(27)19-10-7-11-24-13-19/h4-11,13,17,20-22,25-26H,3,12,14-16H2,1-2H3. The number of esters is 1. The normalized spacial score (nSPS) is 15.2. The molecule has 2 rings (SSSR count). The number of aliphatic hydroxyl groups excluding tert-OH is 2. The summed E-state index contributed by atoms with van der Waals surface area (Å²) < 4.78 is 17.2. The summed E-state index contributed by atoms with van der Waals surface area (Å²) in [7, 11) is 0. The van der Waals surface area contributed by atoms with Gasteiger partial charge >= 0.3 is 5.97 Å². The predicted molar refractivity (Wildman–Crippen MR) is 112 cm³/mol. The zero-order chi connectivity index (χ0) is 21.8. The molecule has 0 aliphatic heterocycles. The van der Waals surface area contributed by atoms with Crippen LogP contribution in [0.3, 0.4) is 0 Å². The van der Waals surface area contributed by atoms with Gasteiger partial charge in [0.15, 0.2) is 0 Å². The van der Waals surface area contributed by atoms with Gasteiger partial charge in [-0.25, -0.2) is 4.79 Å². The van der Waals surface area contributed by atoms with E-state index in [2.05, 4.69) is 4.98 Å². The van der Waals surface area contributed by atoms with Crippen LogP contribution in [0.25, 0.3) is 0 Å². The highest BCUT2D eigenvalue weighted by Crippen LogP contribution is 2.15. The van der Waals surface area contributed by atoms with Gasteiger partial charge in [-0.3, -0.25) is 4.98 Å². The first kappa shape index (κ1) is 24.0. The van der Waals surface area contributed by atoms with Gasteiger partial charge < -0.3 is 24.4 Å². The zero-order valence-electron chi connectivity index (χ0n) is 17.5. The van der Waals surface area contributed by atoms with E-state index in [1.165, 1.54) is 6.20 Å². The monoisotopic (exact) mass is 417 g/mol. The highest BCUT2D eigenvalue weighted by molar-refractivity contribution is 5.89. The number of carbonyl (C=O) groups excluding carboxylic acids is 1. The van der Waals surface area contributed by atoms with Crippen LogP contribution in [0.1, 0.15) is 42.6 Å². The third-order valence-electron chi connectivity index (χ3n) is 4.68. The molecule has 0 saturated carbocycles. The Balaban J connectivity index is 1.93. The number of pyridine rings is 1. The molecule has 0 spiro atoms. The Kier molecular flexibility index (Phi) is 10.4. The Morgan fingerprint density at radius 1 is 1.17 bits per heavy atom. The molecule has 0 aliphatic carbocycles. The van der Waals surface area contributed by atoms with Crippen molar-refractivity contribution >= 4 is 5.97 Å². The van der Waals surface area contributed by atoms with Gasteiger partial charge in [0.05, 0.1) is 37.6 Å². The summed E-state index contributed by atoms with van der Waals surface area (Å²) in [6.45, 7) is 3.87. The molecular formula is C23H31NO6. The molecule has 164 valence electrons. The van der Waals surface area contributed by atoms with Crippen molar-refractivity contribution < 1.29 is 29.2 Å². The van der Waals surface area contributed by atoms with Gasteiger partial charge in [0.1, 0.15) is 12.2 Å². The number of nitrogens with zero attached hydrogens (tertiary/aromatic N) is 1. The van der Waals surface area contributed by atoms with E-state index in [4.69, 9.17) is 14.2 Å². The van der Waals surface area contributed by atoms with Crippen LogP contribution >= 0.6 is 0 Å². The first-order valence-corrected chi connectivity index (χ1v) is 10.2. The average molecular weight is 418 g/mol. The lowest BCUT2D eigenvalue weighted by Crippen LogP contribution is -2.39. The van der Waals surface area contributed by atoms with Crippen molar-refractivity contribution in [3.05, 3.63) is 66.0 Å². The van der Waals surface area contributed by atoms with Gasteiger partial charge in [-0.05, 0) is 31.0 Å². The number of rotatable bonds is 13. The average Bonchev–Trinajstić information content (AvgIpc) is 2.78. The Bertz CT molecular complexity index is 727. The maximum atomic E-state index is 12.3. The molecule has 1 heterocycles. The number of hydrogen-bond donors (Lipinski definition) is 2. The highest BCUT2D eigenvalue weighted by atomic mass is 16.6. The summed E-state index contributed by atoms with van der Waals surface area (Å²) in [5.41, 5.74) is 1.36. The van der Waals surface area contributed by atoms with E-state index in [0.717, 1.165) is 5.56 Å². The Labute approximate surface area is 177 Å². The number of hydrogen-bond acceptors (Lipinski definition) is 7. The van der Waals surface area contributed by atoms with Crippen molar-refractivity contribution in [1.29, 1.82) is 0 Å². The molecule has 0 aliphatic rings. The van der Waals surface area contributed by atoms with Crippen LogP contribution in [0.4, 0.5) is 0 Å². The number of carbonyl (C=O) groups is 1.